The molecule has 3 aromatic carbocycles. The monoisotopic (exact) mass is 488 g/mol. The number of ether oxygens (including phenoxy) is 2. The molecule has 0 amide bonds. The van der Waals surface area contributed by atoms with Crippen molar-refractivity contribution in [3.63, 3.8) is 0 Å². The van der Waals surface area contributed by atoms with Gasteiger partial charge in [-0.3, -0.25) is 0 Å². The first-order chi connectivity index (χ1) is 17.5. The molecule has 3 aromatic rings. The number of carbonyl (C=O) groups excluding carboxylic acids is 2. The predicted molar refractivity (Wildman–Crippen MR) is 146 cm³/mol. The molecule has 0 unspecified atom stereocenters. The van der Waals surface area contributed by atoms with Gasteiger partial charge in [-0.15, -0.1) is 0 Å². The average Bonchev–Trinajstić information content (AvgIpc) is 2.93. The lowest BCUT2D eigenvalue weighted by Crippen LogP contribution is -2.25. The first kappa shape index (κ1) is 26.8. The fraction of sp³-hybridized carbons (Fsp3) is 0.333. The molecule has 0 radical (unpaired) electrons. The summed E-state index contributed by atoms with van der Waals surface area (Å²) in [5.41, 5.74) is 3.91. The number of hydrogen-bond acceptors (Lipinski definition) is 6. The van der Waals surface area contributed by atoms with Gasteiger partial charge in [-0.25, -0.2) is 9.59 Å². The van der Waals surface area contributed by atoms with Crippen LogP contribution in [0.5, 0.6) is 0 Å². The topological polar surface area (TPSA) is 59.1 Å². The molecule has 0 saturated carbocycles. The Kier molecular flexibility index (Phi) is 9.92. The molecule has 0 fully saturated rings. The maximum Gasteiger partial charge on any atom is 0.340 e. The van der Waals surface area contributed by atoms with Crippen molar-refractivity contribution in [3.05, 3.63) is 83.9 Å². The zero-order chi connectivity index (χ0) is 25.9. The second kappa shape index (κ2) is 13.3. The minimum absolute atomic E-state index is 0.400. The van der Waals surface area contributed by atoms with Crippen LogP contribution in [0.2, 0.25) is 0 Å². The molecule has 0 aliphatic rings. The van der Waals surface area contributed by atoms with Gasteiger partial charge in [0.05, 0.1) is 36.7 Å². The third-order valence-corrected chi connectivity index (χ3v) is 6.11. The van der Waals surface area contributed by atoms with Crippen molar-refractivity contribution in [3.8, 4) is 0 Å². The van der Waals surface area contributed by atoms with Crippen molar-refractivity contribution < 1.29 is 19.1 Å². The normalized spacial score (nSPS) is 10.6. The zero-order valence-corrected chi connectivity index (χ0v) is 21.7. The molecule has 0 N–H and O–H groups in total. The summed E-state index contributed by atoms with van der Waals surface area (Å²) in [7, 11) is 2.76. The first-order valence-electron chi connectivity index (χ1n) is 12.6. The van der Waals surface area contributed by atoms with Crippen molar-refractivity contribution in [2.45, 2.75) is 39.5 Å². The summed E-state index contributed by atoms with van der Waals surface area (Å²) >= 11 is 0. The van der Waals surface area contributed by atoms with Gasteiger partial charge in [0.15, 0.2) is 0 Å². The molecule has 6 nitrogen and oxygen atoms in total. The van der Waals surface area contributed by atoms with Crippen molar-refractivity contribution in [2.24, 2.45) is 0 Å². The number of para-hydroxylation sites is 2. The van der Waals surface area contributed by atoms with Crippen molar-refractivity contribution in [2.75, 3.05) is 37.1 Å². The van der Waals surface area contributed by atoms with Crippen molar-refractivity contribution in [1.82, 2.24) is 0 Å². The predicted octanol–water partition coefficient (Wildman–Crippen LogP) is 7.14. The van der Waals surface area contributed by atoms with Gasteiger partial charge in [0.2, 0.25) is 0 Å². The number of anilines is 4. The average molecular weight is 489 g/mol. The summed E-state index contributed by atoms with van der Waals surface area (Å²) in [6, 6.07) is 23.3. The zero-order valence-electron chi connectivity index (χ0n) is 21.7. The molecule has 0 saturated heterocycles. The number of nitrogens with zero attached hydrogens (tertiary/aromatic N) is 2. The third kappa shape index (κ3) is 6.25. The van der Waals surface area contributed by atoms with E-state index in [2.05, 4.69) is 23.6 Å². The molecule has 0 aromatic heterocycles. The van der Waals surface area contributed by atoms with E-state index in [4.69, 9.17) is 9.47 Å². The highest BCUT2D eigenvalue weighted by molar-refractivity contribution is 6.05. The molecule has 0 spiro atoms. The van der Waals surface area contributed by atoms with Crippen LogP contribution in [0.1, 0.15) is 60.2 Å². The van der Waals surface area contributed by atoms with E-state index in [9.17, 15) is 9.59 Å². The van der Waals surface area contributed by atoms with Crippen LogP contribution >= 0.6 is 0 Å². The lowest BCUT2D eigenvalue weighted by atomic mass is 10.0. The van der Waals surface area contributed by atoms with Gasteiger partial charge in [-0.05, 0) is 49.2 Å². The fourth-order valence-corrected chi connectivity index (χ4v) is 4.20. The Balaban J connectivity index is 2.30. The van der Waals surface area contributed by atoms with Gasteiger partial charge in [-0.1, -0.05) is 63.1 Å². The lowest BCUT2D eigenvalue weighted by molar-refractivity contribution is 0.0588. The van der Waals surface area contributed by atoms with Crippen LogP contribution < -0.4 is 9.80 Å². The molecule has 190 valence electrons. The second-order valence-corrected chi connectivity index (χ2v) is 8.55. The summed E-state index contributed by atoms with van der Waals surface area (Å²) in [5, 5.41) is 0. The molecule has 3 rings (SSSR count). The van der Waals surface area contributed by atoms with Crippen LogP contribution in [0.3, 0.4) is 0 Å². The van der Waals surface area contributed by atoms with Crippen LogP contribution in [0, 0.1) is 0 Å². The van der Waals surface area contributed by atoms with Crippen LogP contribution in [0.4, 0.5) is 22.7 Å². The first-order valence-corrected chi connectivity index (χ1v) is 12.6. The third-order valence-electron chi connectivity index (χ3n) is 6.11. The number of unbranched alkanes of at least 4 members (excludes halogenated alkanes) is 2. The fourth-order valence-electron chi connectivity index (χ4n) is 4.20. The van der Waals surface area contributed by atoms with E-state index in [1.54, 1.807) is 12.1 Å². The van der Waals surface area contributed by atoms with Gasteiger partial charge in [-0.2, -0.15) is 0 Å². The minimum atomic E-state index is -0.455. The molecule has 36 heavy (non-hydrogen) atoms. The van der Waals surface area contributed by atoms with Gasteiger partial charge in [0, 0.05) is 24.5 Å². The van der Waals surface area contributed by atoms with E-state index in [-0.39, 0.29) is 0 Å². The van der Waals surface area contributed by atoms with E-state index < -0.39 is 11.9 Å². The number of rotatable bonds is 12. The van der Waals surface area contributed by atoms with Crippen LogP contribution in [0.15, 0.2) is 72.8 Å². The van der Waals surface area contributed by atoms with Crippen LogP contribution in [0.25, 0.3) is 0 Å². The van der Waals surface area contributed by atoms with E-state index in [0.29, 0.717) is 35.6 Å². The van der Waals surface area contributed by atoms with E-state index in [1.165, 1.54) is 14.2 Å². The Morgan fingerprint density at radius 3 is 1.31 bits per heavy atom. The lowest BCUT2D eigenvalue weighted by Gasteiger charge is -2.31. The molecule has 0 aliphatic carbocycles. The Morgan fingerprint density at radius 1 is 0.639 bits per heavy atom. The SMILES string of the molecule is CCCCN(c1ccccc1)c1cc(C(=O)OC)c(N(CCCC)c2ccccc2)cc1C(=O)OC. The standard InChI is InChI=1S/C30H36N2O4/c1-5-7-19-31(23-15-11-9-12-16-23)27-21-26(30(34)36-4)28(22-25(27)29(33)35-3)32(20-8-6-2)24-17-13-10-14-18-24/h9-18,21-22H,5-8,19-20H2,1-4H3. The summed E-state index contributed by atoms with van der Waals surface area (Å²) in [6.07, 6.45) is 3.80. The molecular weight excluding hydrogens is 452 g/mol. The Labute approximate surface area is 214 Å². The Bertz CT molecular complexity index is 1040. The highest BCUT2D eigenvalue weighted by atomic mass is 16.5. The Morgan fingerprint density at radius 2 is 1.00 bits per heavy atom. The summed E-state index contributed by atoms with van der Waals surface area (Å²) in [4.78, 5) is 30.4. The quantitative estimate of drug-likeness (QED) is 0.253. The summed E-state index contributed by atoms with van der Waals surface area (Å²) in [5.74, 6) is -0.910. The maximum atomic E-state index is 13.1. The maximum absolute atomic E-state index is 13.1. The van der Waals surface area contributed by atoms with Crippen molar-refractivity contribution in [1.29, 1.82) is 0 Å². The molecule has 0 heterocycles. The number of methoxy groups -OCH3 is 2. The molecule has 6 heteroatoms. The molecular formula is C30H36N2O4. The van der Waals surface area contributed by atoms with Crippen molar-refractivity contribution >= 4 is 34.7 Å². The van der Waals surface area contributed by atoms with Crippen LogP contribution in [-0.2, 0) is 9.47 Å². The van der Waals surface area contributed by atoms with Crippen LogP contribution in [-0.4, -0.2) is 39.2 Å². The summed E-state index contributed by atoms with van der Waals surface area (Å²) in [6.45, 7) is 5.61. The van der Waals surface area contributed by atoms with Gasteiger partial charge in [0.1, 0.15) is 0 Å². The molecule has 0 atom stereocenters. The van der Waals surface area contributed by atoms with E-state index in [1.807, 2.05) is 60.7 Å². The van der Waals surface area contributed by atoms with E-state index in [0.717, 1.165) is 37.1 Å². The van der Waals surface area contributed by atoms with Gasteiger partial charge in [0.25, 0.3) is 0 Å². The van der Waals surface area contributed by atoms with Gasteiger partial charge < -0.3 is 19.3 Å². The number of esters is 2. The Hall–Kier alpha value is -3.80. The number of benzene rings is 3. The minimum Gasteiger partial charge on any atom is -0.465 e. The molecule has 0 aliphatic heterocycles. The smallest absolute Gasteiger partial charge is 0.340 e. The highest BCUT2D eigenvalue weighted by Gasteiger charge is 2.27. The van der Waals surface area contributed by atoms with Gasteiger partial charge >= 0.3 is 11.9 Å². The van der Waals surface area contributed by atoms with E-state index >= 15 is 0 Å². The summed E-state index contributed by atoms with van der Waals surface area (Å²) < 4.78 is 10.4. The number of carbonyl (C=O) groups is 2. The highest BCUT2D eigenvalue weighted by Crippen LogP contribution is 2.38. The molecule has 0 bridgehead atoms. The largest absolute Gasteiger partial charge is 0.465 e. The second-order valence-electron chi connectivity index (χ2n) is 8.55. The number of hydrogen-bond donors (Lipinski definition) is 0.